The largest absolute Gasteiger partial charge is 0.395 e. The topological polar surface area (TPSA) is 53.0 Å². The molecule has 3 aliphatic heterocycles. The number of hydrogen-bond donors (Lipinski definition) is 1. The van der Waals surface area contributed by atoms with Crippen molar-refractivity contribution in [2.24, 2.45) is 5.92 Å². The summed E-state index contributed by atoms with van der Waals surface area (Å²) in [6.07, 6.45) is -3.77. The fraction of sp³-hybridized carbons (Fsp3) is 0.667. The molecular weight excluding hydrogens is 385 g/mol. The van der Waals surface area contributed by atoms with Crippen molar-refractivity contribution in [3.63, 3.8) is 0 Å². The molecule has 29 heavy (non-hydrogen) atoms. The van der Waals surface area contributed by atoms with Crippen LogP contribution in [0.1, 0.15) is 30.7 Å². The maximum absolute atomic E-state index is 12.9. The number of halogens is 3. The van der Waals surface area contributed by atoms with Gasteiger partial charge in [-0.1, -0.05) is 30.3 Å². The molecule has 2 atom stereocenters. The normalized spacial score (nSPS) is 27.5. The van der Waals surface area contributed by atoms with Crippen LogP contribution in [0.5, 0.6) is 0 Å². The highest BCUT2D eigenvalue weighted by molar-refractivity contribution is 5.80. The summed E-state index contributed by atoms with van der Waals surface area (Å²) >= 11 is 0. The van der Waals surface area contributed by atoms with Crippen molar-refractivity contribution in [2.75, 3.05) is 39.5 Å². The van der Waals surface area contributed by atoms with Gasteiger partial charge in [-0.15, -0.1) is 0 Å². The molecule has 160 valence electrons. The number of aliphatic hydroxyl groups excluding tert-OH is 1. The van der Waals surface area contributed by atoms with Gasteiger partial charge in [0, 0.05) is 50.7 Å². The first kappa shape index (κ1) is 20.6. The van der Waals surface area contributed by atoms with Gasteiger partial charge in [0.05, 0.1) is 18.6 Å². The van der Waals surface area contributed by atoms with Gasteiger partial charge in [-0.2, -0.15) is 13.2 Å². The molecule has 5 nitrogen and oxygen atoms in total. The summed E-state index contributed by atoms with van der Waals surface area (Å²) in [5, 5.41) is 9.93. The molecule has 0 bridgehead atoms. The average Bonchev–Trinajstić information content (AvgIpc) is 2.66. The Balaban J connectivity index is 1.52. The van der Waals surface area contributed by atoms with Crippen molar-refractivity contribution in [1.82, 2.24) is 9.80 Å². The lowest BCUT2D eigenvalue weighted by atomic mass is 9.60. The Hall–Kier alpha value is -1.64. The number of rotatable bonds is 5. The highest BCUT2D eigenvalue weighted by Gasteiger charge is 2.66. The molecule has 1 spiro atoms. The molecule has 0 aromatic heterocycles. The molecule has 4 rings (SSSR count). The van der Waals surface area contributed by atoms with E-state index in [2.05, 4.69) is 0 Å². The van der Waals surface area contributed by atoms with Gasteiger partial charge in [0.15, 0.2) is 0 Å². The number of carbonyl (C=O) groups excluding carboxylic acids is 1. The van der Waals surface area contributed by atoms with Gasteiger partial charge in [0.1, 0.15) is 0 Å². The van der Waals surface area contributed by atoms with Crippen LogP contribution in [0.2, 0.25) is 0 Å². The molecule has 1 aromatic rings. The quantitative estimate of drug-likeness (QED) is 0.807. The predicted octanol–water partition coefficient (Wildman–Crippen LogP) is 2.41. The van der Waals surface area contributed by atoms with Crippen molar-refractivity contribution >= 4 is 5.91 Å². The summed E-state index contributed by atoms with van der Waals surface area (Å²) in [4.78, 5) is 16.4. The minimum Gasteiger partial charge on any atom is -0.395 e. The Morgan fingerprint density at radius 2 is 1.83 bits per heavy atom. The molecule has 0 unspecified atom stereocenters. The van der Waals surface area contributed by atoms with Gasteiger partial charge in [-0.05, 0) is 18.4 Å². The smallest absolute Gasteiger partial charge is 0.390 e. The molecule has 0 aliphatic carbocycles. The Morgan fingerprint density at radius 3 is 2.41 bits per heavy atom. The summed E-state index contributed by atoms with van der Waals surface area (Å²) in [6, 6.07) is 9.25. The molecule has 1 aromatic carbocycles. The first-order valence-corrected chi connectivity index (χ1v) is 10.2. The van der Waals surface area contributed by atoms with Crippen molar-refractivity contribution < 1.29 is 27.8 Å². The number of nitrogens with zero attached hydrogens (tertiary/aromatic N) is 2. The zero-order valence-electron chi connectivity index (χ0n) is 16.3. The second kappa shape index (κ2) is 7.89. The summed E-state index contributed by atoms with van der Waals surface area (Å²) in [5.74, 6) is -0.0664. The number of carbonyl (C=O) groups is 1. The Bertz CT molecular complexity index is 716. The van der Waals surface area contributed by atoms with Gasteiger partial charge in [0.2, 0.25) is 5.91 Å². The van der Waals surface area contributed by atoms with Crippen LogP contribution in [0.3, 0.4) is 0 Å². The molecule has 8 heteroatoms. The van der Waals surface area contributed by atoms with Gasteiger partial charge in [0.25, 0.3) is 0 Å². The van der Waals surface area contributed by atoms with Gasteiger partial charge >= 0.3 is 6.18 Å². The number of hydrogen-bond acceptors (Lipinski definition) is 4. The first-order valence-electron chi connectivity index (χ1n) is 10.2. The van der Waals surface area contributed by atoms with Crippen LogP contribution in [0.25, 0.3) is 0 Å². The van der Waals surface area contributed by atoms with E-state index in [1.807, 2.05) is 30.3 Å². The van der Waals surface area contributed by atoms with E-state index in [1.165, 1.54) is 0 Å². The summed E-state index contributed by atoms with van der Waals surface area (Å²) in [5.41, 5.74) is 0.480. The van der Waals surface area contributed by atoms with Gasteiger partial charge < -0.3 is 14.7 Å². The molecule has 3 saturated heterocycles. The fourth-order valence-electron chi connectivity index (χ4n) is 5.35. The Labute approximate surface area is 168 Å². The number of aliphatic hydroxyl groups is 1. The second-order valence-corrected chi connectivity index (χ2v) is 8.38. The van der Waals surface area contributed by atoms with E-state index in [9.17, 15) is 23.1 Å². The lowest BCUT2D eigenvalue weighted by molar-refractivity contribution is -0.212. The van der Waals surface area contributed by atoms with Crippen LogP contribution in [0, 0.1) is 5.92 Å². The summed E-state index contributed by atoms with van der Waals surface area (Å²) in [6.45, 7) is 1.62. The molecule has 0 saturated carbocycles. The maximum atomic E-state index is 12.9. The van der Waals surface area contributed by atoms with Crippen molar-refractivity contribution in [2.45, 2.75) is 42.9 Å². The average molecular weight is 412 g/mol. The second-order valence-electron chi connectivity index (χ2n) is 8.38. The monoisotopic (exact) mass is 412 g/mol. The highest BCUT2D eigenvalue weighted by Crippen LogP contribution is 2.54. The number of alkyl halides is 3. The zero-order valence-corrected chi connectivity index (χ0v) is 16.3. The third-order valence-corrected chi connectivity index (χ3v) is 6.73. The Kier molecular flexibility index (Phi) is 5.61. The minimum atomic E-state index is -4.25. The summed E-state index contributed by atoms with van der Waals surface area (Å²) in [7, 11) is 0. The van der Waals surface area contributed by atoms with E-state index in [0.717, 1.165) is 5.56 Å². The number of ether oxygens (including phenoxy) is 1. The number of amides is 1. The molecule has 1 N–H and O–H groups in total. The molecule has 3 heterocycles. The first-order chi connectivity index (χ1) is 13.9. The number of benzene rings is 1. The number of likely N-dealkylation sites (tertiary alicyclic amines) is 2. The van der Waals surface area contributed by atoms with Crippen LogP contribution in [-0.2, 0) is 9.53 Å². The van der Waals surface area contributed by atoms with Crippen LogP contribution in [0.15, 0.2) is 30.3 Å². The lowest BCUT2D eigenvalue weighted by Crippen LogP contribution is -2.85. The molecular formula is C21H27F3N2O3. The van der Waals surface area contributed by atoms with E-state index in [4.69, 9.17) is 4.74 Å². The van der Waals surface area contributed by atoms with E-state index < -0.39 is 18.1 Å². The molecule has 1 amide bonds. The van der Waals surface area contributed by atoms with Crippen LogP contribution >= 0.6 is 0 Å². The van der Waals surface area contributed by atoms with E-state index in [0.29, 0.717) is 39.1 Å². The SMILES string of the molecule is O=C(C1CCOCC1)N1CC2(C1)[C@H](c1ccccc1)[C@H](CO)N2CCC(F)(F)F. The maximum Gasteiger partial charge on any atom is 0.390 e. The zero-order chi connectivity index (χ0) is 20.6. The van der Waals surface area contributed by atoms with Crippen molar-refractivity contribution in [1.29, 1.82) is 0 Å². The van der Waals surface area contributed by atoms with Crippen molar-refractivity contribution in [3.8, 4) is 0 Å². The lowest BCUT2D eigenvalue weighted by Gasteiger charge is -2.71. The van der Waals surface area contributed by atoms with E-state index in [1.54, 1.807) is 9.80 Å². The highest BCUT2D eigenvalue weighted by atomic mass is 19.4. The standard InChI is InChI=1S/C21H27F3N2O3/c22-21(23,24)8-9-26-17(12-27)18(15-4-2-1-3-5-15)20(26)13-25(14-20)19(28)16-6-10-29-11-7-16/h1-5,16-18,27H,6-14H2/t17-,18+/m0/s1. The minimum absolute atomic E-state index is 0.0615. The third kappa shape index (κ3) is 3.78. The fourth-order valence-corrected chi connectivity index (χ4v) is 5.35. The van der Waals surface area contributed by atoms with Gasteiger partial charge in [-0.3, -0.25) is 9.69 Å². The van der Waals surface area contributed by atoms with Gasteiger partial charge in [-0.25, -0.2) is 0 Å². The predicted molar refractivity (Wildman–Crippen MR) is 100 cm³/mol. The summed E-state index contributed by atoms with van der Waals surface area (Å²) < 4.78 is 44.0. The van der Waals surface area contributed by atoms with Crippen molar-refractivity contribution in [3.05, 3.63) is 35.9 Å². The van der Waals surface area contributed by atoms with E-state index in [-0.39, 0.29) is 36.9 Å². The van der Waals surface area contributed by atoms with Crippen LogP contribution in [-0.4, -0.2) is 78.0 Å². The van der Waals surface area contributed by atoms with E-state index >= 15 is 0 Å². The molecule has 0 radical (unpaired) electrons. The van der Waals surface area contributed by atoms with Crippen LogP contribution in [0.4, 0.5) is 13.2 Å². The molecule has 3 aliphatic rings. The molecule has 3 fully saturated rings. The third-order valence-electron chi connectivity index (χ3n) is 6.73. The Morgan fingerprint density at radius 1 is 1.17 bits per heavy atom. The van der Waals surface area contributed by atoms with Crippen LogP contribution < -0.4 is 0 Å².